The van der Waals surface area contributed by atoms with E-state index in [0.29, 0.717) is 46.9 Å². The maximum atomic E-state index is 12.4. The highest BCUT2D eigenvalue weighted by atomic mass is 32.2. The van der Waals surface area contributed by atoms with E-state index >= 15 is 0 Å². The monoisotopic (exact) mass is 419 g/mol. The smallest absolute Gasteiger partial charge is 0.234 e. The lowest BCUT2D eigenvalue weighted by Crippen LogP contribution is -2.17. The van der Waals surface area contributed by atoms with Gasteiger partial charge in [-0.1, -0.05) is 42.1 Å². The first-order valence-electron chi connectivity index (χ1n) is 9.36. The van der Waals surface area contributed by atoms with Gasteiger partial charge in [0.25, 0.3) is 0 Å². The van der Waals surface area contributed by atoms with Gasteiger partial charge in [-0.2, -0.15) is 9.61 Å². The van der Waals surface area contributed by atoms with E-state index in [4.69, 9.17) is 9.47 Å². The fourth-order valence-corrected chi connectivity index (χ4v) is 3.73. The van der Waals surface area contributed by atoms with Gasteiger partial charge < -0.3 is 14.8 Å². The summed E-state index contributed by atoms with van der Waals surface area (Å²) in [5, 5.41) is 16.6. The molecule has 2 aromatic heterocycles. The van der Waals surface area contributed by atoms with Crippen LogP contribution >= 0.6 is 11.8 Å². The second-order valence-corrected chi connectivity index (χ2v) is 7.52. The molecule has 150 valence electrons. The molecule has 0 fully saturated rings. The Kier molecular flexibility index (Phi) is 4.94. The lowest BCUT2D eigenvalue weighted by Gasteiger charge is -2.18. The Morgan fingerprint density at radius 1 is 1.00 bits per heavy atom. The molecule has 0 aliphatic carbocycles. The van der Waals surface area contributed by atoms with Crippen LogP contribution in [-0.4, -0.2) is 44.7 Å². The number of nitrogens with one attached hydrogen (secondary N) is 1. The van der Waals surface area contributed by atoms with E-state index in [-0.39, 0.29) is 11.7 Å². The number of benzene rings is 2. The number of carbonyl (C=O) groups is 1. The topological polar surface area (TPSA) is 90.6 Å². The first kappa shape index (κ1) is 18.4. The highest BCUT2D eigenvalue weighted by Gasteiger charge is 2.14. The summed E-state index contributed by atoms with van der Waals surface area (Å²) < 4.78 is 12.7. The van der Waals surface area contributed by atoms with E-state index in [1.165, 1.54) is 11.8 Å². The third-order valence-electron chi connectivity index (χ3n) is 4.45. The second-order valence-electron chi connectivity index (χ2n) is 6.53. The minimum atomic E-state index is -0.134. The average molecular weight is 419 g/mol. The maximum Gasteiger partial charge on any atom is 0.234 e. The van der Waals surface area contributed by atoms with Gasteiger partial charge in [-0.25, -0.2) is 0 Å². The Morgan fingerprint density at radius 2 is 1.83 bits per heavy atom. The van der Waals surface area contributed by atoms with Crippen LogP contribution in [0.3, 0.4) is 0 Å². The van der Waals surface area contributed by atoms with E-state index in [9.17, 15) is 4.79 Å². The van der Waals surface area contributed by atoms with Gasteiger partial charge in [-0.05, 0) is 24.3 Å². The van der Waals surface area contributed by atoms with Crippen molar-refractivity contribution in [3.05, 3.63) is 60.7 Å². The van der Waals surface area contributed by atoms with Crippen molar-refractivity contribution < 1.29 is 14.3 Å². The molecule has 0 atom stereocenters. The van der Waals surface area contributed by atoms with Gasteiger partial charge in [-0.15, -0.1) is 10.2 Å². The molecule has 1 amide bonds. The van der Waals surface area contributed by atoms with Crippen molar-refractivity contribution in [3.8, 4) is 22.9 Å². The van der Waals surface area contributed by atoms with Gasteiger partial charge in [0.05, 0.1) is 5.75 Å². The van der Waals surface area contributed by atoms with Crippen LogP contribution in [0.5, 0.6) is 11.5 Å². The van der Waals surface area contributed by atoms with Crippen LogP contribution < -0.4 is 14.8 Å². The minimum Gasteiger partial charge on any atom is -0.486 e. The first-order chi connectivity index (χ1) is 14.8. The standard InChI is InChI=1S/C21H17N5O3S/c27-19(22-15-6-7-16-17(12-15)29-11-10-28-16)13-30-20-9-8-18-23-24-21(26(18)25-20)14-4-2-1-3-5-14/h1-9,12H,10-11,13H2,(H,22,27). The summed E-state index contributed by atoms with van der Waals surface area (Å²) in [6.45, 7) is 1.04. The number of aromatic nitrogens is 4. The number of amides is 1. The molecule has 2 aromatic carbocycles. The molecule has 0 bridgehead atoms. The molecule has 0 unspecified atom stereocenters. The SMILES string of the molecule is O=C(CSc1ccc2nnc(-c3ccccc3)n2n1)Nc1ccc2c(c1)OCCO2. The van der Waals surface area contributed by atoms with Crippen molar-refractivity contribution in [2.45, 2.75) is 5.03 Å². The molecule has 4 aromatic rings. The molecule has 0 saturated carbocycles. The molecule has 0 radical (unpaired) electrons. The highest BCUT2D eigenvalue weighted by molar-refractivity contribution is 7.99. The molecule has 0 saturated heterocycles. The van der Waals surface area contributed by atoms with Crippen LogP contribution in [0, 0.1) is 0 Å². The third-order valence-corrected chi connectivity index (χ3v) is 5.37. The average Bonchev–Trinajstić information content (AvgIpc) is 3.21. The maximum absolute atomic E-state index is 12.4. The molecule has 1 N–H and O–H groups in total. The Bertz CT molecular complexity index is 1210. The van der Waals surface area contributed by atoms with Gasteiger partial charge in [-0.3, -0.25) is 4.79 Å². The summed E-state index contributed by atoms with van der Waals surface area (Å²) in [5.74, 6) is 2.07. The van der Waals surface area contributed by atoms with E-state index < -0.39 is 0 Å². The van der Waals surface area contributed by atoms with Crippen LogP contribution in [0.2, 0.25) is 0 Å². The van der Waals surface area contributed by atoms with Crippen molar-refractivity contribution in [1.29, 1.82) is 0 Å². The number of carbonyl (C=O) groups excluding carboxylic acids is 1. The number of hydrogen-bond donors (Lipinski definition) is 1. The molecule has 1 aliphatic heterocycles. The number of hydrogen-bond acceptors (Lipinski definition) is 7. The van der Waals surface area contributed by atoms with Crippen molar-refractivity contribution in [3.63, 3.8) is 0 Å². The van der Waals surface area contributed by atoms with E-state index in [1.807, 2.05) is 42.5 Å². The summed E-state index contributed by atoms with van der Waals surface area (Å²) >= 11 is 1.34. The summed E-state index contributed by atoms with van der Waals surface area (Å²) in [5.41, 5.74) is 2.24. The van der Waals surface area contributed by atoms with Crippen molar-refractivity contribution in [2.24, 2.45) is 0 Å². The molecule has 30 heavy (non-hydrogen) atoms. The van der Waals surface area contributed by atoms with Crippen molar-refractivity contribution in [2.75, 3.05) is 24.3 Å². The van der Waals surface area contributed by atoms with Gasteiger partial charge >= 0.3 is 0 Å². The predicted octanol–water partition coefficient (Wildman–Crippen LogP) is 3.29. The zero-order chi connectivity index (χ0) is 20.3. The number of anilines is 1. The molecular formula is C21H17N5O3S. The Hall–Kier alpha value is -3.59. The Balaban J connectivity index is 1.27. The van der Waals surface area contributed by atoms with Crippen molar-refractivity contribution in [1.82, 2.24) is 19.8 Å². The zero-order valence-electron chi connectivity index (χ0n) is 15.8. The molecule has 5 rings (SSSR count). The minimum absolute atomic E-state index is 0.134. The fraction of sp³-hybridized carbons (Fsp3) is 0.143. The summed E-state index contributed by atoms with van der Waals surface area (Å²) in [7, 11) is 0. The van der Waals surface area contributed by atoms with E-state index in [2.05, 4.69) is 20.6 Å². The van der Waals surface area contributed by atoms with Gasteiger partial charge in [0, 0.05) is 17.3 Å². The number of ether oxygens (including phenoxy) is 2. The molecule has 0 spiro atoms. The van der Waals surface area contributed by atoms with Gasteiger partial charge in [0.15, 0.2) is 23.0 Å². The molecule has 1 aliphatic rings. The quantitative estimate of drug-likeness (QED) is 0.496. The highest BCUT2D eigenvalue weighted by Crippen LogP contribution is 2.32. The number of nitrogens with zero attached hydrogens (tertiary/aromatic N) is 4. The molecule has 8 nitrogen and oxygen atoms in total. The second kappa shape index (κ2) is 8.03. The van der Waals surface area contributed by atoms with Crippen LogP contribution in [0.4, 0.5) is 5.69 Å². The predicted molar refractivity (Wildman–Crippen MR) is 113 cm³/mol. The zero-order valence-corrected chi connectivity index (χ0v) is 16.6. The Morgan fingerprint density at radius 3 is 2.70 bits per heavy atom. The molecule has 3 heterocycles. The van der Waals surface area contributed by atoms with Crippen LogP contribution in [-0.2, 0) is 4.79 Å². The third kappa shape index (κ3) is 3.79. The number of thioether (sulfide) groups is 1. The number of rotatable bonds is 5. The summed E-state index contributed by atoms with van der Waals surface area (Å²) in [6.07, 6.45) is 0. The lowest BCUT2D eigenvalue weighted by molar-refractivity contribution is -0.113. The lowest BCUT2D eigenvalue weighted by atomic mass is 10.2. The summed E-state index contributed by atoms with van der Waals surface area (Å²) in [6, 6.07) is 18.8. The van der Waals surface area contributed by atoms with Gasteiger partial charge in [0.1, 0.15) is 18.2 Å². The first-order valence-corrected chi connectivity index (χ1v) is 10.3. The van der Waals surface area contributed by atoms with E-state index in [0.717, 1.165) is 5.56 Å². The largest absolute Gasteiger partial charge is 0.486 e. The van der Waals surface area contributed by atoms with E-state index in [1.54, 1.807) is 22.7 Å². The molecular weight excluding hydrogens is 402 g/mol. The normalized spacial score (nSPS) is 12.7. The Labute approximate surface area is 176 Å². The fourth-order valence-electron chi connectivity index (χ4n) is 3.07. The summed E-state index contributed by atoms with van der Waals surface area (Å²) in [4.78, 5) is 12.4. The van der Waals surface area contributed by atoms with Crippen LogP contribution in [0.1, 0.15) is 0 Å². The molecule has 9 heteroatoms. The van der Waals surface area contributed by atoms with Crippen LogP contribution in [0.25, 0.3) is 17.0 Å². The number of fused-ring (bicyclic) bond motifs is 2. The van der Waals surface area contributed by atoms with Crippen molar-refractivity contribution >= 4 is 29.0 Å². The van der Waals surface area contributed by atoms with Crippen LogP contribution in [0.15, 0.2) is 65.7 Å². The van der Waals surface area contributed by atoms with Gasteiger partial charge in [0.2, 0.25) is 5.91 Å².